The minimum Gasteiger partial charge on any atom is -0.469 e. The lowest BCUT2D eigenvalue weighted by molar-refractivity contribution is -0.145. The summed E-state index contributed by atoms with van der Waals surface area (Å²) in [6.45, 7) is 6.33. The number of benzene rings is 1. The monoisotopic (exact) mass is 334 g/mol. The van der Waals surface area contributed by atoms with E-state index in [1.54, 1.807) is 17.9 Å². The number of carbonyl (C=O) groups excluding carboxylic acids is 3. The quantitative estimate of drug-likeness (QED) is 0.581. The van der Waals surface area contributed by atoms with Gasteiger partial charge >= 0.3 is 5.97 Å². The maximum atomic E-state index is 12.8. The number of ether oxygens (including phenoxy) is 1. The van der Waals surface area contributed by atoms with Gasteiger partial charge in [0, 0.05) is 32.1 Å². The first kappa shape index (κ1) is 19.7. The molecule has 0 spiro atoms. The van der Waals surface area contributed by atoms with Gasteiger partial charge in [0.15, 0.2) is 0 Å². The van der Waals surface area contributed by atoms with Crippen LogP contribution in [0.4, 0.5) is 0 Å². The molecule has 6 heteroatoms. The van der Waals surface area contributed by atoms with E-state index >= 15 is 0 Å². The molecule has 1 unspecified atom stereocenters. The van der Waals surface area contributed by atoms with Crippen LogP contribution in [0.25, 0.3) is 0 Å². The lowest BCUT2D eigenvalue weighted by Crippen LogP contribution is -2.39. The summed E-state index contributed by atoms with van der Waals surface area (Å²) in [7, 11) is 1.34. The topological polar surface area (TPSA) is 75.7 Å². The average molecular weight is 334 g/mol. The molecule has 24 heavy (non-hydrogen) atoms. The molecule has 0 saturated heterocycles. The van der Waals surface area contributed by atoms with Gasteiger partial charge in [0.05, 0.1) is 13.0 Å². The van der Waals surface area contributed by atoms with Crippen LogP contribution in [0.5, 0.6) is 0 Å². The lowest BCUT2D eigenvalue weighted by Gasteiger charge is -2.25. The molecule has 132 valence electrons. The zero-order valence-corrected chi connectivity index (χ0v) is 14.8. The van der Waals surface area contributed by atoms with Crippen molar-refractivity contribution in [2.24, 2.45) is 5.92 Å². The van der Waals surface area contributed by atoms with Gasteiger partial charge in [-0.25, -0.2) is 0 Å². The van der Waals surface area contributed by atoms with E-state index in [2.05, 4.69) is 5.32 Å². The summed E-state index contributed by atoms with van der Waals surface area (Å²) >= 11 is 0. The highest BCUT2D eigenvalue weighted by Crippen LogP contribution is 2.11. The van der Waals surface area contributed by atoms with E-state index in [0.717, 1.165) is 5.56 Å². The first-order chi connectivity index (χ1) is 11.3. The van der Waals surface area contributed by atoms with Crippen LogP contribution < -0.4 is 5.32 Å². The maximum Gasteiger partial charge on any atom is 0.310 e. The second-order valence-corrected chi connectivity index (χ2v) is 5.88. The van der Waals surface area contributed by atoms with E-state index < -0.39 is 5.92 Å². The number of methoxy groups -OCH3 is 1. The van der Waals surface area contributed by atoms with Crippen LogP contribution in [0.2, 0.25) is 0 Å². The molecule has 0 aliphatic rings. The van der Waals surface area contributed by atoms with Gasteiger partial charge in [-0.2, -0.15) is 0 Å². The third-order valence-corrected chi connectivity index (χ3v) is 3.63. The molecule has 2 amide bonds. The molecule has 0 heterocycles. The Morgan fingerprint density at radius 1 is 1.29 bits per heavy atom. The molecule has 0 aliphatic heterocycles. The molecule has 0 aromatic heterocycles. The van der Waals surface area contributed by atoms with E-state index in [-0.39, 0.29) is 24.3 Å². The molecule has 1 rings (SSSR count). The Bertz CT molecular complexity index is 586. The number of rotatable bonds is 8. The summed E-state index contributed by atoms with van der Waals surface area (Å²) in [5.41, 5.74) is 1.59. The Kier molecular flexibility index (Phi) is 7.95. The van der Waals surface area contributed by atoms with Crippen LogP contribution in [0.3, 0.4) is 0 Å². The van der Waals surface area contributed by atoms with Crippen LogP contribution in [-0.4, -0.2) is 49.4 Å². The molecule has 1 N–H and O–H groups in total. The van der Waals surface area contributed by atoms with Crippen LogP contribution in [0, 0.1) is 12.8 Å². The summed E-state index contributed by atoms with van der Waals surface area (Å²) in [4.78, 5) is 37.0. The molecular weight excluding hydrogens is 308 g/mol. The van der Waals surface area contributed by atoms with Crippen molar-refractivity contribution in [3.05, 3.63) is 35.4 Å². The summed E-state index contributed by atoms with van der Waals surface area (Å²) in [5.74, 6) is -0.991. The average Bonchev–Trinajstić information content (AvgIpc) is 2.55. The summed E-state index contributed by atoms with van der Waals surface area (Å²) in [5, 5.41) is 2.71. The van der Waals surface area contributed by atoms with E-state index in [4.69, 9.17) is 4.74 Å². The number of amides is 2. The minimum atomic E-state index is -0.412. The Morgan fingerprint density at radius 2 is 2.00 bits per heavy atom. The largest absolute Gasteiger partial charge is 0.469 e. The van der Waals surface area contributed by atoms with E-state index in [1.807, 2.05) is 25.1 Å². The molecule has 1 atom stereocenters. The zero-order valence-electron chi connectivity index (χ0n) is 14.8. The molecule has 1 aromatic carbocycles. The van der Waals surface area contributed by atoms with Crippen molar-refractivity contribution in [1.82, 2.24) is 10.2 Å². The van der Waals surface area contributed by atoms with Gasteiger partial charge in [-0.3, -0.25) is 14.4 Å². The molecule has 0 bridgehead atoms. The number of aryl methyl sites for hydroxylation is 1. The van der Waals surface area contributed by atoms with E-state index in [9.17, 15) is 14.4 Å². The first-order valence-corrected chi connectivity index (χ1v) is 8.03. The number of nitrogens with zero attached hydrogens (tertiary/aromatic N) is 1. The fourth-order valence-electron chi connectivity index (χ4n) is 2.38. The smallest absolute Gasteiger partial charge is 0.310 e. The van der Waals surface area contributed by atoms with Gasteiger partial charge in [-0.05, 0) is 25.5 Å². The second kappa shape index (κ2) is 9.70. The van der Waals surface area contributed by atoms with Crippen molar-refractivity contribution >= 4 is 17.8 Å². The number of carbonyl (C=O) groups is 3. The molecule has 0 aliphatic carbocycles. The molecule has 0 fully saturated rings. The van der Waals surface area contributed by atoms with Gasteiger partial charge in [-0.15, -0.1) is 0 Å². The summed E-state index contributed by atoms with van der Waals surface area (Å²) < 4.78 is 4.74. The molecule has 6 nitrogen and oxygen atoms in total. The zero-order chi connectivity index (χ0) is 18.1. The lowest BCUT2D eigenvalue weighted by atomic mass is 10.1. The van der Waals surface area contributed by atoms with E-state index in [0.29, 0.717) is 25.1 Å². The van der Waals surface area contributed by atoms with Crippen molar-refractivity contribution in [1.29, 1.82) is 0 Å². The summed E-state index contributed by atoms with van der Waals surface area (Å²) in [6.07, 6.45) is 0.616. The SMILES string of the molecule is COC(=O)C(C)CN(CCCNC(C)=O)C(=O)c1cccc(C)c1. The highest BCUT2D eigenvalue weighted by atomic mass is 16.5. The Morgan fingerprint density at radius 3 is 2.58 bits per heavy atom. The van der Waals surface area contributed by atoms with Crippen molar-refractivity contribution in [2.45, 2.75) is 27.2 Å². The van der Waals surface area contributed by atoms with E-state index in [1.165, 1.54) is 14.0 Å². The van der Waals surface area contributed by atoms with Crippen LogP contribution in [0.1, 0.15) is 36.2 Å². The molecular formula is C18H26N2O4. The third kappa shape index (κ3) is 6.40. The molecule has 1 aromatic rings. The Hall–Kier alpha value is -2.37. The van der Waals surface area contributed by atoms with Gasteiger partial charge in [-0.1, -0.05) is 24.6 Å². The fourth-order valence-corrected chi connectivity index (χ4v) is 2.38. The number of nitrogens with one attached hydrogen (secondary N) is 1. The second-order valence-electron chi connectivity index (χ2n) is 5.88. The van der Waals surface area contributed by atoms with Crippen LogP contribution >= 0.6 is 0 Å². The first-order valence-electron chi connectivity index (χ1n) is 8.03. The highest BCUT2D eigenvalue weighted by Gasteiger charge is 2.22. The van der Waals surface area contributed by atoms with Gasteiger partial charge in [0.2, 0.25) is 5.91 Å². The Labute approximate surface area is 143 Å². The number of hydrogen-bond donors (Lipinski definition) is 1. The fraction of sp³-hybridized carbons (Fsp3) is 0.500. The van der Waals surface area contributed by atoms with Gasteiger partial charge in [0.1, 0.15) is 0 Å². The van der Waals surface area contributed by atoms with Crippen molar-refractivity contribution in [2.75, 3.05) is 26.7 Å². The maximum absolute atomic E-state index is 12.8. The number of esters is 1. The van der Waals surface area contributed by atoms with Crippen molar-refractivity contribution < 1.29 is 19.1 Å². The summed E-state index contributed by atoms with van der Waals surface area (Å²) in [6, 6.07) is 7.35. The number of hydrogen-bond acceptors (Lipinski definition) is 4. The van der Waals surface area contributed by atoms with Crippen molar-refractivity contribution in [3.63, 3.8) is 0 Å². The van der Waals surface area contributed by atoms with Crippen molar-refractivity contribution in [3.8, 4) is 0 Å². The highest BCUT2D eigenvalue weighted by molar-refractivity contribution is 5.94. The third-order valence-electron chi connectivity index (χ3n) is 3.63. The van der Waals surface area contributed by atoms with Crippen LogP contribution in [-0.2, 0) is 14.3 Å². The Balaban J connectivity index is 2.80. The molecule has 0 radical (unpaired) electrons. The predicted molar refractivity (Wildman–Crippen MR) is 91.6 cm³/mol. The van der Waals surface area contributed by atoms with Gasteiger partial charge in [0.25, 0.3) is 5.91 Å². The van der Waals surface area contributed by atoms with Gasteiger partial charge < -0.3 is 15.0 Å². The standard InChI is InChI=1S/C18H26N2O4/c1-13-7-5-8-16(11-13)17(22)20(10-6-9-19-15(3)21)12-14(2)18(23)24-4/h5,7-8,11,14H,6,9-10,12H2,1-4H3,(H,19,21). The normalized spacial score (nSPS) is 11.5. The predicted octanol–water partition coefficient (Wildman–Crippen LogP) is 1.77. The minimum absolute atomic E-state index is 0.102. The molecule has 0 saturated carbocycles. The van der Waals surface area contributed by atoms with Crippen LogP contribution in [0.15, 0.2) is 24.3 Å².